The smallest absolute Gasteiger partial charge is 0.0759 e. The summed E-state index contributed by atoms with van der Waals surface area (Å²) >= 11 is 0. The number of hydrogen-bond donors (Lipinski definition) is 1. The Morgan fingerprint density at radius 1 is 1.29 bits per heavy atom. The average molecular weight is 228 g/mol. The zero-order chi connectivity index (χ0) is 12.4. The lowest BCUT2D eigenvalue weighted by Crippen LogP contribution is -2.22. The molecule has 0 fully saturated rings. The summed E-state index contributed by atoms with van der Waals surface area (Å²) in [6, 6.07) is 10.4. The molecule has 0 amide bonds. The van der Waals surface area contributed by atoms with E-state index in [0.717, 1.165) is 18.4 Å². The summed E-state index contributed by atoms with van der Waals surface area (Å²) in [4.78, 5) is 0. The van der Waals surface area contributed by atoms with Crippen LogP contribution in [0.3, 0.4) is 0 Å². The number of aliphatic hydroxyl groups is 1. The van der Waals surface area contributed by atoms with Crippen molar-refractivity contribution in [2.75, 3.05) is 0 Å². The van der Waals surface area contributed by atoms with Crippen molar-refractivity contribution in [1.82, 2.24) is 0 Å². The van der Waals surface area contributed by atoms with Gasteiger partial charge in [0.15, 0.2) is 0 Å². The highest BCUT2D eigenvalue weighted by atomic mass is 16.3. The highest BCUT2D eigenvalue weighted by molar-refractivity contribution is 5.70. The summed E-state index contributed by atoms with van der Waals surface area (Å²) in [5.41, 5.74) is 4.81. The van der Waals surface area contributed by atoms with Crippen molar-refractivity contribution >= 4 is 5.57 Å². The lowest BCUT2D eigenvalue weighted by molar-refractivity contribution is 0.177. The van der Waals surface area contributed by atoms with Crippen LogP contribution in [0.15, 0.2) is 48.1 Å². The maximum absolute atomic E-state index is 10.1. The predicted octanol–water partition coefficient (Wildman–Crippen LogP) is 3.81. The molecule has 0 heterocycles. The molecule has 0 spiro atoms. The van der Waals surface area contributed by atoms with Crippen LogP contribution in [0.25, 0.3) is 5.57 Å². The number of hydrogen-bond acceptors (Lipinski definition) is 1. The first kappa shape index (κ1) is 12.1. The molecule has 0 saturated carbocycles. The highest BCUT2D eigenvalue weighted by Crippen LogP contribution is 2.38. The molecule has 1 unspecified atom stereocenters. The molecule has 1 aliphatic rings. The molecule has 90 valence electrons. The van der Waals surface area contributed by atoms with E-state index in [1.165, 1.54) is 16.7 Å². The van der Waals surface area contributed by atoms with E-state index in [1.54, 1.807) is 0 Å². The molecule has 0 bridgehead atoms. The third-order valence-electron chi connectivity index (χ3n) is 3.75. The highest BCUT2D eigenvalue weighted by Gasteiger charge is 2.26. The van der Waals surface area contributed by atoms with Gasteiger partial charge in [0.25, 0.3) is 0 Å². The van der Waals surface area contributed by atoms with Crippen molar-refractivity contribution in [1.29, 1.82) is 0 Å². The molecule has 2 rings (SSSR count). The maximum atomic E-state index is 10.1. The lowest BCUT2D eigenvalue weighted by Gasteiger charge is -2.30. The molecule has 1 aliphatic carbocycles. The van der Waals surface area contributed by atoms with Gasteiger partial charge >= 0.3 is 0 Å². The minimum atomic E-state index is -0.319. The molecule has 1 heteroatoms. The first-order chi connectivity index (χ1) is 8.09. The van der Waals surface area contributed by atoms with Crippen LogP contribution in [0.5, 0.6) is 0 Å². The number of aliphatic hydroxyl groups excluding tert-OH is 1. The van der Waals surface area contributed by atoms with Crippen molar-refractivity contribution in [2.45, 2.75) is 32.8 Å². The standard InChI is InChI=1S/C16H20O/c1-11(2)14-9-15(12(3)16(17)10-14)13-7-5-4-6-8-13/h4-8,14,16-17H,1,9-10H2,2-3H3/t14-,16?/m0/s1. The molecule has 2 atom stereocenters. The SMILES string of the molecule is C=C(C)[C@H]1CC(c2ccccc2)=C(C)C(O)C1. The van der Waals surface area contributed by atoms with Crippen LogP contribution in [0, 0.1) is 5.92 Å². The fourth-order valence-corrected chi connectivity index (χ4v) is 2.50. The van der Waals surface area contributed by atoms with E-state index in [1.807, 2.05) is 25.1 Å². The Morgan fingerprint density at radius 2 is 1.94 bits per heavy atom. The second kappa shape index (κ2) is 4.89. The molecule has 1 aromatic carbocycles. The number of benzene rings is 1. The van der Waals surface area contributed by atoms with Gasteiger partial charge in [-0.3, -0.25) is 0 Å². The van der Waals surface area contributed by atoms with Gasteiger partial charge in [-0.2, -0.15) is 0 Å². The Morgan fingerprint density at radius 3 is 2.53 bits per heavy atom. The predicted molar refractivity (Wildman–Crippen MR) is 72.6 cm³/mol. The van der Waals surface area contributed by atoms with Crippen LogP contribution in [-0.2, 0) is 0 Å². The Labute approximate surface area is 103 Å². The largest absolute Gasteiger partial charge is 0.389 e. The van der Waals surface area contributed by atoms with Crippen molar-refractivity contribution in [3.8, 4) is 0 Å². The van der Waals surface area contributed by atoms with Gasteiger partial charge in [-0.15, -0.1) is 0 Å². The van der Waals surface area contributed by atoms with E-state index < -0.39 is 0 Å². The molecule has 0 aliphatic heterocycles. The van der Waals surface area contributed by atoms with Crippen LogP contribution in [0.1, 0.15) is 32.3 Å². The molecular weight excluding hydrogens is 208 g/mol. The molecule has 1 N–H and O–H groups in total. The quantitative estimate of drug-likeness (QED) is 0.763. The van der Waals surface area contributed by atoms with Gasteiger partial charge in [-0.25, -0.2) is 0 Å². The summed E-state index contributed by atoms with van der Waals surface area (Å²) in [7, 11) is 0. The Bertz CT molecular complexity index is 442. The summed E-state index contributed by atoms with van der Waals surface area (Å²) in [5.74, 6) is 0.406. The molecular formula is C16H20O. The Balaban J connectivity index is 2.37. The van der Waals surface area contributed by atoms with Gasteiger partial charge in [-0.1, -0.05) is 42.5 Å². The van der Waals surface area contributed by atoms with Gasteiger partial charge in [0.1, 0.15) is 0 Å². The van der Waals surface area contributed by atoms with E-state index in [9.17, 15) is 5.11 Å². The van der Waals surface area contributed by atoms with E-state index >= 15 is 0 Å². The third kappa shape index (κ3) is 2.50. The van der Waals surface area contributed by atoms with Crippen LogP contribution >= 0.6 is 0 Å². The summed E-state index contributed by atoms with van der Waals surface area (Å²) in [6.07, 6.45) is 1.50. The fraction of sp³-hybridized carbons (Fsp3) is 0.375. The number of rotatable bonds is 2. The monoisotopic (exact) mass is 228 g/mol. The van der Waals surface area contributed by atoms with Gasteiger partial charge in [0.05, 0.1) is 6.10 Å². The first-order valence-corrected chi connectivity index (χ1v) is 6.18. The van der Waals surface area contributed by atoms with Gasteiger partial charge in [0, 0.05) is 0 Å². The van der Waals surface area contributed by atoms with Crippen molar-refractivity contribution < 1.29 is 5.11 Å². The minimum Gasteiger partial charge on any atom is -0.389 e. The second-order valence-corrected chi connectivity index (χ2v) is 5.03. The molecule has 1 nitrogen and oxygen atoms in total. The topological polar surface area (TPSA) is 20.2 Å². The average Bonchev–Trinajstić information content (AvgIpc) is 2.33. The number of allylic oxidation sites excluding steroid dienone is 2. The van der Waals surface area contributed by atoms with Gasteiger partial charge in [-0.05, 0) is 49.3 Å². The molecule has 0 radical (unpaired) electrons. The Kier molecular flexibility index (Phi) is 3.49. The van der Waals surface area contributed by atoms with E-state index in [2.05, 4.69) is 25.6 Å². The van der Waals surface area contributed by atoms with Crippen molar-refractivity contribution in [3.05, 3.63) is 53.6 Å². The molecule has 0 saturated heterocycles. The summed E-state index contributed by atoms with van der Waals surface area (Å²) in [6.45, 7) is 8.13. The molecule has 1 aromatic rings. The zero-order valence-corrected chi connectivity index (χ0v) is 10.6. The fourth-order valence-electron chi connectivity index (χ4n) is 2.50. The van der Waals surface area contributed by atoms with Crippen LogP contribution in [0.2, 0.25) is 0 Å². The third-order valence-corrected chi connectivity index (χ3v) is 3.75. The van der Waals surface area contributed by atoms with E-state index in [4.69, 9.17) is 0 Å². The molecule has 17 heavy (non-hydrogen) atoms. The van der Waals surface area contributed by atoms with Gasteiger partial charge < -0.3 is 5.11 Å². The lowest BCUT2D eigenvalue weighted by atomic mass is 9.77. The maximum Gasteiger partial charge on any atom is 0.0759 e. The molecule has 0 aromatic heterocycles. The van der Waals surface area contributed by atoms with E-state index in [-0.39, 0.29) is 6.10 Å². The van der Waals surface area contributed by atoms with Crippen LogP contribution in [0.4, 0.5) is 0 Å². The van der Waals surface area contributed by atoms with Crippen molar-refractivity contribution in [2.24, 2.45) is 5.92 Å². The normalized spacial score (nSPS) is 24.9. The van der Waals surface area contributed by atoms with E-state index in [0.29, 0.717) is 5.92 Å². The summed E-state index contributed by atoms with van der Waals surface area (Å²) < 4.78 is 0. The summed E-state index contributed by atoms with van der Waals surface area (Å²) in [5, 5.41) is 10.1. The zero-order valence-electron chi connectivity index (χ0n) is 10.6. The van der Waals surface area contributed by atoms with Crippen LogP contribution in [-0.4, -0.2) is 11.2 Å². The second-order valence-electron chi connectivity index (χ2n) is 5.03. The van der Waals surface area contributed by atoms with Gasteiger partial charge in [0.2, 0.25) is 0 Å². The van der Waals surface area contributed by atoms with Crippen molar-refractivity contribution in [3.63, 3.8) is 0 Å². The Hall–Kier alpha value is -1.34. The first-order valence-electron chi connectivity index (χ1n) is 6.18. The minimum absolute atomic E-state index is 0.319. The van der Waals surface area contributed by atoms with Crippen LogP contribution < -0.4 is 0 Å².